The molecular formula is C24H15ClF3IN2O4. The van der Waals surface area contributed by atoms with Crippen molar-refractivity contribution in [2.45, 2.75) is 18.3 Å². The van der Waals surface area contributed by atoms with E-state index in [4.69, 9.17) is 11.6 Å². The zero-order valence-electron chi connectivity index (χ0n) is 17.5. The van der Waals surface area contributed by atoms with E-state index >= 15 is 0 Å². The third-order valence-corrected chi connectivity index (χ3v) is 6.41. The van der Waals surface area contributed by atoms with Crippen LogP contribution in [0.3, 0.4) is 0 Å². The van der Waals surface area contributed by atoms with Crippen LogP contribution < -0.4 is 5.32 Å². The lowest BCUT2D eigenvalue weighted by atomic mass is 9.97. The summed E-state index contributed by atoms with van der Waals surface area (Å²) in [6, 6.07) is 10.9. The van der Waals surface area contributed by atoms with Crippen LogP contribution in [0.4, 0.5) is 18.9 Å². The molecule has 0 fully saturated rings. The maximum atomic E-state index is 13.8. The summed E-state index contributed by atoms with van der Waals surface area (Å²) in [6.45, 7) is 0. The summed E-state index contributed by atoms with van der Waals surface area (Å²) in [4.78, 5) is 40.5. The topological polar surface area (TPSA) is 86.7 Å². The fraction of sp³-hybridized carbons (Fsp3) is 0.125. The van der Waals surface area contributed by atoms with Crippen LogP contribution in [0.25, 0.3) is 0 Å². The van der Waals surface area contributed by atoms with Crippen molar-refractivity contribution in [1.29, 1.82) is 0 Å². The average Bonchev–Trinajstić information content (AvgIpc) is 2.89. The first kappa shape index (κ1) is 25.0. The molecule has 11 heteroatoms. The second kappa shape index (κ2) is 9.50. The number of carbonyl (C=O) groups is 3. The van der Waals surface area contributed by atoms with Crippen molar-refractivity contribution in [3.8, 4) is 0 Å². The lowest BCUT2D eigenvalue weighted by Crippen LogP contribution is -2.44. The highest BCUT2D eigenvalue weighted by atomic mass is 127. The predicted molar refractivity (Wildman–Crippen MR) is 130 cm³/mol. The number of rotatable bonds is 4. The Morgan fingerprint density at radius 3 is 2.23 bits per heavy atom. The highest BCUT2D eigenvalue weighted by Gasteiger charge is 2.44. The molecular weight excluding hydrogens is 600 g/mol. The van der Waals surface area contributed by atoms with Crippen molar-refractivity contribution >= 4 is 57.7 Å². The number of nitrogens with zero attached hydrogens (tertiary/aromatic N) is 1. The normalized spacial score (nSPS) is 16.8. The molecule has 1 aliphatic rings. The third kappa shape index (κ3) is 4.98. The van der Waals surface area contributed by atoms with Gasteiger partial charge in [-0.05, 0) is 76.2 Å². The smallest absolute Gasteiger partial charge is 0.416 e. The highest BCUT2D eigenvalue weighted by molar-refractivity contribution is 14.1. The molecule has 2 N–H and O–H groups in total. The molecule has 1 heterocycles. The minimum Gasteiger partial charge on any atom is -0.479 e. The van der Waals surface area contributed by atoms with Crippen LogP contribution in [0, 0.1) is 3.57 Å². The number of benzene rings is 3. The molecule has 3 aromatic rings. The molecule has 0 saturated carbocycles. The zero-order chi connectivity index (χ0) is 25.5. The number of carbonyl (C=O) groups excluding carboxylic acids is 2. The number of alkyl halides is 3. The summed E-state index contributed by atoms with van der Waals surface area (Å²) < 4.78 is 40.0. The van der Waals surface area contributed by atoms with Gasteiger partial charge in [0.05, 0.1) is 16.8 Å². The Bertz CT molecular complexity index is 1310. The Balaban J connectivity index is 1.93. The Kier molecular flexibility index (Phi) is 6.78. The maximum Gasteiger partial charge on any atom is 0.416 e. The molecule has 1 aliphatic heterocycles. The number of amides is 2. The van der Waals surface area contributed by atoms with Gasteiger partial charge in [0.2, 0.25) is 0 Å². The molecule has 3 aromatic carbocycles. The number of nitrogens with one attached hydrogen (secondary N) is 1. The summed E-state index contributed by atoms with van der Waals surface area (Å²) >= 11 is 7.91. The van der Waals surface area contributed by atoms with E-state index in [1.807, 2.05) is 22.6 Å². The van der Waals surface area contributed by atoms with E-state index in [-0.39, 0.29) is 22.4 Å². The minimum absolute atomic E-state index is 0.0200. The van der Waals surface area contributed by atoms with E-state index < -0.39 is 41.6 Å². The molecule has 0 bridgehead atoms. The van der Waals surface area contributed by atoms with Gasteiger partial charge in [-0.1, -0.05) is 35.9 Å². The number of halogens is 5. The van der Waals surface area contributed by atoms with Crippen LogP contribution >= 0.6 is 34.2 Å². The quantitative estimate of drug-likeness (QED) is 0.357. The van der Waals surface area contributed by atoms with Crippen molar-refractivity contribution in [3.63, 3.8) is 0 Å². The second-order valence-corrected chi connectivity index (χ2v) is 9.39. The van der Waals surface area contributed by atoms with Gasteiger partial charge in [0.25, 0.3) is 11.8 Å². The van der Waals surface area contributed by atoms with E-state index in [0.717, 1.165) is 29.2 Å². The van der Waals surface area contributed by atoms with Crippen LogP contribution in [0.1, 0.15) is 39.1 Å². The largest absolute Gasteiger partial charge is 0.479 e. The molecule has 2 unspecified atom stereocenters. The van der Waals surface area contributed by atoms with Crippen molar-refractivity contribution in [2.75, 3.05) is 5.32 Å². The van der Waals surface area contributed by atoms with Crippen molar-refractivity contribution in [2.24, 2.45) is 0 Å². The molecule has 0 radical (unpaired) electrons. The van der Waals surface area contributed by atoms with Gasteiger partial charge < -0.3 is 15.3 Å². The Hall–Kier alpha value is -3.12. The van der Waals surface area contributed by atoms with Crippen LogP contribution in [0.5, 0.6) is 0 Å². The number of fused-ring (bicyclic) bond motifs is 1. The van der Waals surface area contributed by atoms with Crippen LogP contribution in [-0.4, -0.2) is 27.8 Å². The lowest BCUT2D eigenvalue weighted by Gasteiger charge is -2.34. The molecule has 35 heavy (non-hydrogen) atoms. The molecule has 0 aromatic heterocycles. The fourth-order valence-corrected chi connectivity index (χ4v) is 4.50. The number of carboxylic acids is 1. The average molecular weight is 615 g/mol. The van der Waals surface area contributed by atoms with Gasteiger partial charge in [-0.3, -0.25) is 9.59 Å². The first-order chi connectivity index (χ1) is 16.5. The van der Waals surface area contributed by atoms with Gasteiger partial charge in [-0.15, -0.1) is 0 Å². The van der Waals surface area contributed by atoms with E-state index in [9.17, 15) is 32.7 Å². The molecule has 6 nitrogen and oxygen atoms in total. The molecule has 0 aliphatic carbocycles. The van der Waals surface area contributed by atoms with Crippen LogP contribution in [0.2, 0.25) is 5.02 Å². The van der Waals surface area contributed by atoms with Crippen molar-refractivity contribution in [3.05, 3.63) is 97.6 Å². The minimum atomic E-state index is -4.61. The SMILES string of the molecule is O=C(O)C(c1ccc(Cl)cc1)N1C(=O)c2cc(I)ccc2NC(=O)C1c1ccc(C(F)(F)F)cc1. The van der Waals surface area contributed by atoms with Gasteiger partial charge in [-0.25, -0.2) is 4.79 Å². The standard InChI is InChI=1S/C24H15ClF3IN2O4/c25-15-7-3-13(4-8-15)20(23(34)35)31-19(12-1-5-14(6-2-12)24(26,27)28)21(32)30-18-10-9-16(29)11-17(18)22(31)33/h1-11,19-20H,(H,30,32)(H,34,35). The summed E-state index contributed by atoms with van der Waals surface area (Å²) in [5.41, 5.74) is -0.543. The molecule has 0 saturated heterocycles. The Labute approximate surface area is 215 Å². The zero-order valence-corrected chi connectivity index (χ0v) is 20.4. The van der Waals surface area contributed by atoms with Crippen LogP contribution in [0.15, 0.2) is 66.7 Å². The van der Waals surface area contributed by atoms with Gasteiger partial charge in [0, 0.05) is 8.59 Å². The van der Waals surface area contributed by atoms with Crippen LogP contribution in [-0.2, 0) is 15.8 Å². The maximum absolute atomic E-state index is 13.8. The van der Waals surface area contributed by atoms with Gasteiger partial charge in [-0.2, -0.15) is 13.2 Å². The molecule has 180 valence electrons. The van der Waals surface area contributed by atoms with E-state index in [0.29, 0.717) is 8.59 Å². The van der Waals surface area contributed by atoms with Gasteiger partial charge in [0.15, 0.2) is 6.04 Å². The summed E-state index contributed by atoms with van der Waals surface area (Å²) in [6.07, 6.45) is -4.61. The molecule has 2 amide bonds. The Morgan fingerprint density at radius 2 is 1.66 bits per heavy atom. The number of hydrogen-bond acceptors (Lipinski definition) is 3. The van der Waals surface area contributed by atoms with E-state index in [1.165, 1.54) is 36.4 Å². The second-order valence-electron chi connectivity index (χ2n) is 7.71. The number of hydrogen-bond donors (Lipinski definition) is 2. The van der Waals surface area contributed by atoms with Crippen molar-refractivity contribution in [1.82, 2.24) is 4.90 Å². The first-order valence-corrected chi connectivity index (χ1v) is 11.5. The van der Waals surface area contributed by atoms with Gasteiger partial charge >= 0.3 is 12.1 Å². The number of aliphatic carboxylic acids is 1. The predicted octanol–water partition coefficient (Wildman–Crippen LogP) is 5.92. The first-order valence-electron chi connectivity index (χ1n) is 10.1. The lowest BCUT2D eigenvalue weighted by molar-refractivity contribution is -0.144. The van der Waals surface area contributed by atoms with Gasteiger partial charge in [0.1, 0.15) is 6.04 Å². The summed E-state index contributed by atoms with van der Waals surface area (Å²) in [7, 11) is 0. The van der Waals surface area contributed by atoms with E-state index in [2.05, 4.69) is 5.32 Å². The number of carboxylic acid groups (broad SMARTS) is 1. The van der Waals surface area contributed by atoms with Crippen molar-refractivity contribution < 1.29 is 32.7 Å². The highest BCUT2D eigenvalue weighted by Crippen LogP contribution is 2.39. The number of anilines is 1. The summed E-state index contributed by atoms with van der Waals surface area (Å²) in [5, 5.41) is 13.1. The molecule has 4 rings (SSSR count). The molecule has 0 spiro atoms. The van der Waals surface area contributed by atoms with E-state index in [1.54, 1.807) is 6.07 Å². The summed E-state index contributed by atoms with van der Waals surface area (Å²) in [5.74, 6) is -2.97. The monoisotopic (exact) mass is 614 g/mol. The third-order valence-electron chi connectivity index (χ3n) is 5.48. The molecule has 2 atom stereocenters. The Morgan fingerprint density at radius 1 is 1.03 bits per heavy atom. The fourth-order valence-electron chi connectivity index (χ4n) is 3.89.